The van der Waals surface area contributed by atoms with E-state index in [0.717, 1.165) is 21.9 Å². The van der Waals surface area contributed by atoms with Gasteiger partial charge in [0.25, 0.3) is 0 Å². The summed E-state index contributed by atoms with van der Waals surface area (Å²) >= 11 is 1.88. The minimum atomic E-state index is 0.919. The third kappa shape index (κ3) is 4.52. The second-order valence-corrected chi connectivity index (χ2v) is 16.5. The van der Waals surface area contributed by atoms with E-state index >= 15 is 0 Å². The zero-order chi connectivity index (χ0) is 37.9. The normalized spacial score (nSPS) is 12.1. The molecule has 2 heteroatoms. The number of para-hydroxylation sites is 1. The van der Waals surface area contributed by atoms with Crippen LogP contribution in [0.4, 0.5) is 0 Å². The summed E-state index contributed by atoms with van der Waals surface area (Å²) in [5.74, 6) is 0. The van der Waals surface area contributed by atoms with Crippen LogP contribution in [0.3, 0.4) is 0 Å². The molecule has 2 heterocycles. The maximum absolute atomic E-state index is 6.77. The second kappa shape index (κ2) is 12.1. The van der Waals surface area contributed by atoms with E-state index in [4.69, 9.17) is 4.42 Å². The molecule has 0 spiro atoms. The molecule has 13 aromatic rings. The third-order valence-corrected chi connectivity index (χ3v) is 13.7. The predicted octanol–water partition coefficient (Wildman–Crippen LogP) is 16.7. The first kappa shape index (κ1) is 31.9. The van der Waals surface area contributed by atoms with E-state index in [1.165, 1.54) is 107 Å². The van der Waals surface area contributed by atoms with Crippen molar-refractivity contribution in [3.8, 4) is 33.4 Å². The smallest absolute Gasteiger partial charge is 0.144 e. The molecule has 13 rings (SSSR count). The molecule has 1 nitrogen and oxygen atoms in total. The van der Waals surface area contributed by atoms with Crippen molar-refractivity contribution in [1.82, 2.24) is 0 Å². The Kier molecular flexibility index (Phi) is 6.66. The lowest BCUT2D eigenvalue weighted by atomic mass is 9.84. The van der Waals surface area contributed by atoms with Gasteiger partial charge in [0.15, 0.2) is 0 Å². The van der Waals surface area contributed by atoms with Crippen molar-refractivity contribution in [3.63, 3.8) is 0 Å². The van der Waals surface area contributed by atoms with Crippen molar-refractivity contribution >= 4 is 107 Å². The highest BCUT2D eigenvalue weighted by Crippen LogP contribution is 2.49. The Hall–Kier alpha value is -7.26. The summed E-state index contributed by atoms with van der Waals surface area (Å²) in [4.78, 5) is 0. The van der Waals surface area contributed by atoms with Crippen LogP contribution in [0, 0.1) is 0 Å². The molecule has 11 aromatic carbocycles. The largest absolute Gasteiger partial charge is 0.455 e. The van der Waals surface area contributed by atoms with Gasteiger partial charge >= 0.3 is 0 Å². The van der Waals surface area contributed by atoms with Crippen LogP contribution in [-0.2, 0) is 0 Å². The molecular weight excluding hydrogens is 721 g/mol. The van der Waals surface area contributed by atoms with Gasteiger partial charge in [-0.2, -0.15) is 0 Å². The van der Waals surface area contributed by atoms with Crippen LogP contribution < -0.4 is 0 Å². The van der Waals surface area contributed by atoms with Crippen molar-refractivity contribution in [2.45, 2.75) is 0 Å². The molecule has 0 unspecified atom stereocenters. The van der Waals surface area contributed by atoms with E-state index < -0.39 is 0 Å². The molecule has 0 saturated carbocycles. The Morgan fingerprint density at radius 1 is 0.293 bits per heavy atom. The molecule has 0 aliphatic rings. The zero-order valence-electron chi connectivity index (χ0n) is 31.3. The molecule has 2 aromatic heterocycles. The minimum Gasteiger partial charge on any atom is -0.455 e. The van der Waals surface area contributed by atoms with Gasteiger partial charge in [-0.05, 0) is 106 Å². The maximum Gasteiger partial charge on any atom is 0.144 e. The fraction of sp³-hybridized carbons (Fsp3) is 0. The van der Waals surface area contributed by atoms with Gasteiger partial charge in [0.05, 0.1) is 0 Å². The van der Waals surface area contributed by atoms with Crippen LogP contribution in [0.2, 0.25) is 0 Å². The molecular formula is C56H32OS. The van der Waals surface area contributed by atoms with Crippen molar-refractivity contribution in [1.29, 1.82) is 0 Å². The number of benzene rings is 11. The summed E-state index contributed by atoms with van der Waals surface area (Å²) < 4.78 is 9.36. The first-order chi connectivity index (χ1) is 28.8. The number of hydrogen-bond donors (Lipinski definition) is 0. The Balaban J connectivity index is 1.04. The van der Waals surface area contributed by atoms with E-state index in [2.05, 4.69) is 194 Å². The average molecular weight is 753 g/mol. The fourth-order valence-corrected chi connectivity index (χ4v) is 11.2. The van der Waals surface area contributed by atoms with Crippen LogP contribution in [0.25, 0.3) is 129 Å². The molecule has 0 saturated heterocycles. The van der Waals surface area contributed by atoms with Crippen LogP contribution in [0.1, 0.15) is 0 Å². The van der Waals surface area contributed by atoms with Crippen molar-refractivity contribution in [3.05, 3.63) is 194 Å². The molecule has 268 valence electrons. The molecule has 0 N–H and O–H groups in total. The molecule has 0 atom stereocenters. The highest BCUT2D eigenvalue weighted by atomic mass is 32.1. The van der Waals surface area contributed by atoms with E-state index in [1.807, 2.05) is 11.3 Å². The van der Waals surface area contributed by atoms with Crippen LogP contribution in [0.15, 0.2) is 199 Å². The highest BCUT2D eigenvalue weighted by Gasteiger charge is 2.22. The van der Waals surface area contributed by atoms with Crippen molar-refractivity contribution in [2.75, 3.05) is 0 Å². The lowest BCUT2D eigenvalue weighted by Crippen LogP contribution is -1.91. The van der Waals surface area contributed by atoms with Gasteiger partial charge in [0, 0.05) is 36.5 Å². The van der Waals surface area contributed by atoms with Gasteiger partial charge < -0.3 is 4.42 Å². The summed E-state index contributed by atoms with van der Waals surface area (Å²) in [6.07, 6.45) is 0. The SMILES string of the molecule is c1ccc2c(-c3c4ccccc4c(-c4ccc5cc(-c6c7oc8ccccc8c7cc7c6sc6c8ccccc8ccc76)ccc5c4)c4ccccc34)cccc2c1. The summed E-state index contributed by atoms with van der Waals surface area (Å²) in [6.45, 7) is 0. The second-order valence-electron chi connectivity index (χ2n) is 15.5. The molecule has 0 aliphatic carbocycles. The van der Waals surface area contributed by atoms with Gasteiger partial charge in [0.2, 0.25) is 0 Å². The minimum absolute atomic E-state index is 0.919. The van der Waals surface area contributed by atoms with Gasteiger partial charge in [-0.25, -0.2) is 0 Å². The molecule has 0 radical (unpaired) electrons. The summed E-state index contributed by atoms with van der Waals surface area (Å²) in [6, 6.07) is 71.4. The van der Waals surface area contributed by atoms with Crippen LogP contribution in [-0.4, -0.2) is 0 Å². The topological polar surface area (TPSA) is 13.1 Å². The van der Waals surface area contributed by atoms with E-state index in [1.54, 1.807) is 0 Å². The van der Waals surface area contributed by atoms with E-state index in [-0.39, 0.29) is 0 Å². The predicted molar refractivity (Wildman–Crippen MR) is 250 cm³/mol. The third-order valence-electron chi connectivity index (χ3n) is 12.4. The van der Waals surface area contributed by atoms with Gasteiger partial charge in [0.1, 0.15) is 11.2 Å². The first-order valence-corrected chi connectivity index (χ1v) is 20.7. The number of rotatable bonds is 3. The number of fused-ring (bicyclic) bond motifs is 12. The molecule has 0 aliphatic heterocycles. The van der Waals surface area contributed by atoms with Gasteiger partial charge in [-0.3, -0.25) is 0 Å². The maximum atomic E-state index is 6.77. The Morgan fingerprint density at radius 2 is 0.828 bits per heavy atom. The lowest BCUT2D eigenvalue weighted by Gasteiger charge is -2.19. The van der Waals surface area contributed by atoms with Crippen molar-refractivity contribution < 1.29 is 4.42 Å². The lowest BCUT2D eigenvalue weighted by molar-refractivity contribution is 0.670. The van der Waals surface area contributed by atoms with Crippen LogP contribution >= 0.6 is 11.3 Å². The van der Waals surface area contributed by atoms with E-state index in [0.29, 0.717) is 0 Å². The molecule has 0 bridgehead atoms. The quantitative estimate of drug-likeness (QED) is 0.164. The summed E-state index contributed by atoms with van der Waals surface area (Å²) in [5, 5.41) is 17.4. The monoisotopic (exact) mass is 752 g/mol. The van der Waals surface area contributed by atoms with Crippen LogP contribution in [0.5, 0.6) is 0 Å². The Labute approximate surface area is 337 Å². The van der Waals surface area contributed by atoms with E-state index in [9.17, 15) is 0 Å². The van der Waals surface area contributed by atoms with Gasteiger partial charge in [-0.1, -0.05) is 170 Å². The molecule has 0 fully saturated rings. The highest BCUT2D eigenvalue weighted by molar-refractivity contribution is 7.27. The molecule has 0 amide bonds. The Bertz CT molecular complexity index is 3800. The number of furan rings is 1. The van der Waals surface area contributed by atoms with Gasteiger partial charge in [-0.15, -0.1) is 11.3 Å². The number of hydrogen-bond acceptors (Lipinski definition) is 2. The number of thiophene rings is 1. The summed E-state index contributed by atoms with van der Waals surface area (Å²) in [5.41, 5.74) is 9.25. The van der Waals surface area contributed by atoms with Crippen molar-refractivity contribution in [2.24, 2.45) is 0 Å². The summed E-state index contributed by atoms with van der Waals surface area (Å²) in [7, 11) is 0. The standard InChI is InChI=1S/C56H32OS/c1-3-15-39-33(12-1)14-11-22-42(39)53-45-20-7-5-18-43(45)51(44-19-6-8-21-46(44)53)37-26-24-36-31-38(27-25-35(36)30-37)52-54-48(41-17-9-10-23-50(41)57-54)32-49-47-29-28-34-13-2-4-16-40(34)55(47)58-56(49)52/h1-32H. The zero-order valence-corrected chi connectivity index (χ0v) is 32.1. The average Bonchev–Trinajstić information content (AvgIpc) is 3.85. The first-order valence-electron chi connectivity index (χ1n) is 19.9. The fourth-order valence-electron chi connectivity index (χ4n) is 9.81. The molecule has 58 heavy (non-hydrogen) atoms. The Morgan fingerprint density at radius 3 is 1.53 bits per heavy atom.